The lowest BCUT2D eigenvalue weighted by Gasteiger charge is -2.42. The molecule has 3 rings (SSSR count). The normalized spacial score (nSPS) is 19.5. The molecule has 1 aliphatic heterocycles. The Labute approximate surface area is 167 Å². The van der Waals surface area contributed by atoms with E-state index in [-0.39, 0.29) is 18.2 Å². The van der Waals surface area contributed by atoms with E-state index in [9.17, 15) is 9.59 Å². The van der Waals surface area contributed by atoms with Gasteiger partial charge in [-0.05, 0) is 53.0 Å². The van der Waals surface area contributed by atoms with Gasteiger partial charge in [0.1, 0.15) is 5.75 Å². The molecule has 0 bridgehead atoms. The van der Waals surface area contributed by atoms with Crippen molar-refractivity contribution in [2.24, 2.45) is 11.1 Å². The van der Waals surface area contributed by atoms with E-state index >= 15 is 0 Å². The Balaban J connectivity index is 1.78. The molecule has 27 heavy (non-hydrogen) atoms. The molecule has 0 aliphatic carbocycles. The Bertz CT molecular complexity index is 812. The third-order valence-electron chi connectivity index (χ3n) is 4.89. The van der Waals surface area contributed by atoms with Gasteiger partial charge in [-0.3, -0.25) is 9.59 Å². The van der Waals surface area contributed by atoms with E-state index in [4.69, 9.17) is 10.5 Å². The molecule has 142 valence electrons. The predicted octanol–water partition coefficient (Wildman–Crippen LogP) is 3.63. The number of likely N-dealkylation sites (tertiary alicyclic amines) is 1. The summed E-state index contributed by atoms with van der Waals surface area (Å²) in [4.78, 5) is 26.6. The van der Waals surface area contributed by atoms with Gasteiger partial charge in [0.25, 0.3) is 5.91 Å². The molecule has 0 spiro atoms. The van der Waals surface area contributed by atoms with Crippen LogP contribution in [0.3, 0.4) is 0 Å². The molecule has 1 atom stereocenters. The van der Waals surface area contributed by atoms with Gasteiger partial charge in [-0.25, -0.2) is 0 Å². The van der Waals surface area contributed by atoms with Crippen molar-refractivity contribution in [2.45, 2.75) is 19.3 Å². The average Bonchev–Trinajstić information content (AvgIpc) is 2.67. The number of carbonyl (C=O) groups is 2. The van der Waals surface area contributed by atoms with E-state index < -0.39 is 5.41 Å². The first-order valence-corrected chi connectivity index (χ1v) is 9.78. The quantitative estimate of drug-likeness (QED) is 0.760. The van der Waals surface area contributed by atoms with Crippen LogP contribution in [0.1, 0.15) is 29.6 Å². The van der Waals surface area contributed by atoms with Crippen molar-refractivity contribution < 1.29 is 14.3 Å². The number of rotatable bonds is 6. The summed E-state index contributed by atoms with van der Waals surface area (Å²) in [6.07, 6.45) is 1.80. The molecule has 2 aromatic rings. The zero-order valence-corrected chi connectivity index (χ0v) is 16.7. The summed E-state index contributed by atoms with van der Waals surface area (Å²) in [7, 11) is 0. The molecule has 0 aromatic heterocycles. The molecule has 2 aromatic carbocycles. The van der Waals surface area contributed by atoms with Crippen LogP contribution in [0.25, 0.3) is 0 Å². The highest BCUT2D eigenvalue weighted by atomic mass is 79.9. The first kappa shape index (κ1) is 19.4. The van der Waals surface area contributed by atoms with Crippen LogP contribution in [0.2, 0.25) is 0 Å². The number of ether oxygens (including phenoxy) is 1. The van der Waals surface area contributed by atoms with Crippen LogP contribution < -0.4 is 10.5 Å². The molecule has 0 radical (unpaired) electrons. The van der Waals surface area contributed by atoms with Crippen molar-refractivity contribution >= 4 is 27.7 Å². The second-order valence-electron chi connectivity index (χ2n) is 7.05. The van der Waals surface area contributed by atoms with Gasteiger partial charge in [-0.1, -0.05) is 30.3 Å². The zero-order chi connectivity index (χ0) is 19.3. The van der Waals surface area contributed by atoms with Crippen LogP contribution in [0, 0.1) is 5.41 Å². The van der Waals surface area contributed by atoms with Gasteiger partial charge >= 0.3 is 0 Å². The molecule has 0 saturated carbocycles. The molecule has 0 unspecified atom stereocenters. The van der Waals surface area contributed by atoms with Gasteiger partial charge in [0.05, 0.1) is 12.2 Å². The van der Waals surface area contributed by atoms with Crippen molar-refractivity contribution in [3.8, 4) is 5.75 Å². The zero-order valence-electron chi connectivity index (χ0n) is 15.1. The maximum absolute atomic E-state index is 13.0. The molecule has 2 N–H and O–H groups in total. The van der Waals surface area contributed by atoms with Gasteiger partial charge in [0.15, 0.2) is 0 Å². The molecule has 1 aliphatic rings. The van der Waals surface area contributed by atoms with Crippen molar-refractivity contribution in [2.75, 3.05) is 19.7 Å². The third-order valence-corrected chi connectivity index (χ3v) is 5.58. The Morgan fingerprint density at radius 2 is 1.81 bits per heavy atom. The highest BCUT2D eigenvalue weighted by Gasteiger charge is 2.39. The van der Waals surface area contributed by atoms with Gasteiger partial charge in [0.2, 0.25) is 5.91 Å². The smallest absolute Gasteiger partial charge is 0.255 e. The minimum atomic E-state index is -0.475. The number of nitrogens with zero attached hydrogens (tertiary/aromatic N) is 1. The number of hydrogen-bond acceptors (Lipinski definition) is 3. The first-order valence-electron chi connectivity index (χ1n) is 8.99. The summed E-state index contributed by atoms with van der Waals surface area (Å²) in [5.74, 6) is 0.327. The molecule has 6 heteroatoms. The second-order valence-corrected chi connectivity index (χ2v) is 7.91. The minimum Gasteiger partial charge on any atom is -0.493 e. The summed E-state index contributed by atoms with van der Waals surface area (Å²) in [5, 5.41) is 0. The van der Waals surface area contributed by atoms with Crippen molar-refractivity contribution in [1.29, 1.82) is 0 Å². The maximum atomic E-state index is 13.0. The van der Waals surface area contributed by atoms with Crippen LogP contribution in [0.15, 0.2) is 59.1 Å². The molecular weight excluding hydrogens is 408 g/mol. The topological polar surface area (TPSA) is 72.6 Å². The van der Waals surface area contributed by atoms with Crippen LogP contribution >= 0.6 is 15.9 Å². The number of para-hydroxylation sites is 1. The van der Waals surface area contributed by atoms with E-state index in [0.29, 0.717) is 25.3 Å². The lowest BCUT2D eigenvalue weighted by molar-refractivity contribution is -0.122. The van der Waals surface area contributed by atoms with Gasteiger partial charge in [0, 0.05) is 29.4 Å². The Kier molecular flexibility index (Phi) is 6.16. The fraction of sp³-hybridized carbons (Fsp3) is 0.333. The number of benzene rings is 2. The Morgan fingerprint density at radius 3 is 2.52 bits per heavy atom. The van der Waals surface area contributed by atoms with E-state index in [1.807, 2.05) is 48.5 Å². The molecule has 2 amide bonds. The average molecular weight is 431 g/mol. The molecule has 1 fully saturated rings. The van der Waals surface area contributed by atoms with Crippen LogP contribution in [0.4, 0.5) is 0 Å². The summed E-state index contributed by atoms with van der Waals surface area (Å²) < 4.78 is 6.72. The fourth-order valence-electron chi connectivity index (χ4n) is 3.62. The maximum Gasteiger partial charge on any atom is 0.255 e. The third kappa shape index (κ3) is 4.89. The lowest BCUT2D eigenvalue weighted by atomic mass is 9.77. The molecule has 1 saturated heterocycles. The van der Waals surface area contributed by atoms with Crippen molar-refractivity contribution in [3.05, 3.63) is 64.6 Å². The number of halogens is 1. The summed E-state index contributed by atoms with van der Waals surface area (Å²) in [6, 6.07) is 16.9. The largest absolute Gasteiger partial charge is 0.493 e. The Morgan fingerprint density at radius 1 is 1.11 bits per heavy atom. The summed E-state index contributed by atoms with van der Waals surface area (Å²) in [6.45, 7) is 1.45. The van der Waals surface area contributed by atoms with E-state index in [1.54, 1.807) is 11.0 Å². The molecular formula is C21H23BrN2O3. The monoisotopic (exact) mass is 430 g/mol. The number of primary amides is 1. The fourth-order valence-corrected chi connectivity index (χ4v) is 4.08. The highest BCUT2D eigenvalue weighted by molar-refractivity contribution is 9.10. The lowest BCUT2D eigenvalue weighted by Crippen LogP contribution is -2.50. The number of nitrogens with two attached hydrogens (primary N) is 1. The number of carbonyl (C=O) groups excluding carboxylic acids is 2. The van der Waals surface area contributed by atoms with Crippen LogP contribution in [-0.4, -0.2) is 36.4 Å². The Hall–Kier alpha value is -2.34. The van der Waals surface area contributed by atoms with Gasteiger partial charge in [-0.15, -0.1) is 0 Å². The predicted molar refractivity (Wildman–Crippen MR) is 107 cm³/mol. The highest BCUT2D eigenvalue weighted by Crippen LogP contribution is 2.35. The summed E-state index contributed by atoms with van der Waals surface area (Å²) in [5.41, 5.74) is 5.68. The minimum absolute atomic E-state index is 0.0456. The van der Waals surface area contributed by atoms with Crippen molar-refractivity contribution in [1.82, 2.24) is 4.90 Å². The molecule has 1 heterocycles. The van der Waals surface area contributed by atoms with Crippen LogP contribution in [0.5, 0.6) is 5.75 Å². The van der Waals surface area contributed by atoms with Crippen molar-refractivity contribution in [3.63, 3.8) is 0 Å². The standard InChI is InChI=1S/C21H23BrN2O3/c22-18-10-5-4-9-17(18)20(26)24-12-6-11-21(14-24,13-19(23)25)15-27-16-7-2-1-3-8-16/h1-5,7-10H,6,11-15H2,(H2,23,25)/t21-/m0/s1. The van der Waals surface area contributed by atoms with Gasteiger partial charge in [-0.2, -0.15) is 0 Å². The van der Waals surface area contributed by atoms with E-state index in [2.05, 4.69) is 15.9 Å². The van der Waals surface area contributed by atoms with Gasteiger partial charge < -0.3 is 15.4 Å². The SMILES string of the molecule is NC(=O)C[C@@]1(COc2ccccc2)CCCN(C(=O)c2ccccc2Br)C1. The van der Waals surface area contributed by atoms with E-state index in [1.165, 1.54) is 0 Å². The number of amides is 2. The second kappa shape index (κ2) is 8.57. The first-order chi connectivity index (χ1) is 13.0. The summed E-state index contributed by atoms with van der Waals surface area (Å²) >= 11 is 3.45. The molecule has 5 nitrogen and oxygen atoms in total. The van der Waals surface area contributed by atoms with Crippen LogP contribution in [-0.2, 0) is 4.79 Å². The van der Waals surface area contributed by atoms with E-state index in [0.717, 1.165) is 23.1 Å². The number of piperidine rings is 1. The number of hydrogen-bond donors (Lipinski definition) is 1.